The summed E-state index contributed by atoms with van der Waals surface area (Å²) in [7, 11) is -0.680. The van der Waals surface area contributed by atoms with Crippen LogP contribution in [0.1, 0.15) is 18.9 Å². The van der Waals surface area contributed by atoms with Gasteiger partial charge in [-0.15, -0.1) is 0 Å². The molecular formula is C16H24N2O5S. The average Bonchev–Trinajstić information content (AvgIpc) is 2.80. The number of benzene rings is 1. The molecule has 24 heavy (non-hydrogen) atoms. The van der Waals surface area contributed by atoms with Crippen molar-refractivity contribution in [2.45, 2.75) is 25.2 Å². The molecule has 0 bridgehead atoms. The van der Waals surface area contributed by atoms with Crippen molar-refractivity contribution in [3.8, 4) is 11.5 Å². The van der Waals surface area contributed by atoms with Gasteiger partial charge in [0, 0.05) is 39.2 Å². The zero-order valence-electron chi connectivity index (χ0n) is 14.5. The van der Waals surface area contributed by atoms with Crippen LogP contribution in [0.4, 0.5) is 0 Å². The smallest absolute Gasteiger partial charge is 0.243 e. The molecule has 0 atom stereocenters. The maximum atomic E-state index is 13.0. The third kappa shape index (κ3) is 3.64. The molecule has 1 aliphatic heterocycles. The lowest BCUT2D eigenvalue weighted by Crippen LogP contribution is -2.36. The summed E-state index contributed by atoms with van der Waals surface area (Å²) in [5.41, 5.74) is 0.598. The fourth-order valence-electron chi connectivity index (χ4n) is 2.83. The molecule has 1 aliphatic rings. The summed E-state index contributed by atoms with van der Waals surface area (Å²) >= 11 is 0. The molecule has 0 spiro atoms. The fraction of sp³-hybridized carbons (Fsp3) is 0.562. The minimum atomic E-state index is -3.66. The molecule has 0 radical (unpaired) electrons. The summed E-state index contributed by atoms with van der Waals surface area (Å²) in [5, 5.41) is 0. The molecule has 0 N–H and O–H groups in total. The second-order valence-corrected chi connectivity index (χ2v) is 7.64. The number of aryl methyl sites for hydroxylation is 1. The summed E-state index contributed by atoms with van der Waals surface area (Å²) in [5.74, 6) is 0.839. The number of ether oxygens (including phenoxy) is 2. The summed E-state index contributed by atoms with van der Waals surface area (Å²) in [6, 6.07) is 3.16. The van der Waals surface area contributed by atoms with Gasteiger partial charge in [-0.3, -0.25) is 4.79 Å². The van der Waals surface area contributed by atoms with Crippen LogP contribution in [0.25, 0.3) is 0 Å². The Morgan fingerprint density at radius 3 is 2.25 bits per heavy atom. The third-order valence-electron chi connectivity index (χ3n) is 4.20. The number of sulfonamides is 1. The van der Waals surface area contributed by atoms with Crippen molar-refractivity contribution < 1.29 is 22.7 Å². The van der Waals surface area contributed by atoms with Crippen LogP contribution in [0.3, 0.4) is 0 Å². The molecule has 0 aromatic heterocycles. The minimum Gasteiger partial charge on any atom is -0.493 e. The number of rotatable bonds is 4. The zero-order valence-corrected chi connectivity index (χ0v) is 15.4. The van der Waals surface area contributed by atoms with Gasteiger partial charge < -0.3 is 14.4 Å². The van der Waals surface area contributed by atoms with E-state index in [4.69, 9.17) is 9.47 Å². The molecule has 1 amide bonds. The van der Waals surface area contributed by atoms with Gasteiger partial charge in [0.1, 0.15) is 0 Å². The predicted octanol–water partition coefficient (Wildman–Crippen LogP) is 1.26. The summed E-state index contributed by atoms with van der Waals surface area (Å²) in [6.07, 6.45) is 0.616. The van der Waals surface area contributed by atoms with E-state index in [1.54, 1.807) is 17.9 Å². The van der Waals surface area contributed by atoms with Crippen molar-refractivity contribution in [1.29, 1.82) is 0 Å². The van der Waals surface area contributed by atoms with Crippen molar-refractivity contribution >= 4 is 15.9 Å². The molecule has 1 aromatic rings. The maximum Gasteiger partial charge on any atom is 0.243 e. The van der Waals surface area contributed by atoms with Crippen molar-refractivity contribution in [2.75, 3.05) is 40.4 Å². The molecule has 0 unspecified atom stereocenters. The lowest BCUT2D eigenvalue weighted by Gasteiger charge is -2.22. The number of nitrogens with zero attached hydrogens (tertiary/aromatic N) is 2. The molecule has 7 nitrogen and oxygen atoms in total. The van der Waals surface area contributed by atoms with Gasteiger partial charge in [0.15, 0.2) is 11.5 Å². The Kier molecular flexibility index (Phi) is 5.71. The van der Waals surface area contributed by atoms with E-state index in [1.165, 1.54) is 31.5 Å². The van der Waals surface area contributed by atoms with Crippen molar-refractivity contribution in [2.24, 2.45) is 0 Å². The van der Waals surface area contributed by atoms with Crippen molar-refractivity contribution in [3.05, 3.63) is 17.7 Å². The van der Waals surface area contributed by atoms with E-state index < -0.39 is 10.0 Å². The van der Waals surface area contributed by atoms with E-state index in [1.807, 2.05) is 0 Å². The van der Waals surface area contributed by atoms with E-state index in [2.05, 4.69) is 0 Å². The molecule has 1 fully saturated rings. The Morgan fingerprint density at radius 1 is 1.04 bits per heavy atom. The van der Waals surface area contributed by atoms with Gasteiger partial charge in [-0.05, 0) is 25.0 Å². The highest BCUT2D eigenvalue weighted by molar-refractivity contribution is 7.89. The van der Waals surface area contributed by atoms with Gasteiger partial charge in [-0.25, -0.2) is 8.42 Å². The van der Waals surface area contributed by atoms with E-state index in [0.717, 1.165) is 0 Å². The van der Waals surface area contributed by atoms with Crippen LogP contribution >= 0.6 is 0 Å². The van der Waals surface area contributed by atoms with Crippen LogP contribution in [0.2, 0.25) is 0 Å². The number of amides is 1. The average molecular weight is 356 g/mol. The summed E-state index contributed by atoms with van der Waals surface area (Å²) in [4.78, 5) is 13.4. The molecule has 134 valence electrons. The highest BCUT2D eigenvalue weighted by atomic mass is 32.2. The third-order valence-corrected chi connectivity index (χ3v) is 6.24. The predicted molar refractivity (Wildman–Crippen MR) is 89.9 cm³/mol. The maximum absolute atomic E-state index is 13.0. The normalized spacial score (nSPS) is 16.6. The van der Waals surface area contributed by atoms with Crippen LogP contribution < -0.4 is 9.47 Å². The molecule has 0 aliphatic carbocycles. The molecule has 1 saturated heterocycles. The standard InChI is InChI=1S/C16H24N2O5S/c1-12-10-14(22-3)15(23-4)11-16(12)24(20,21)18-7-5-6-17(8-9-18)13(2)19/h10-11H,5-9H2,1-4H3. The van der Waals surface area contributed by atoms with Gasteiger partial charge >= 0.3 is 0 Å². The second kappa shape index (κ2) is 7.40. The van der Waals surface area contributed by atoms with Gasteiger partial charge in [0.25, 0.3) is 0 Å². The number of carbonyl (C=O) groups excluding carboxylic acids is 1. The zero-order chi connectivity index (χ0) is 17.9. The second-order valence-electron chi connectivity index (χ2n) is 5.74. The first-order valence-electron chi connectivity index (χ1n) is 7.79. The van der Waals surface area contributed by atoms with E-state index in [-0.39, 0.29) is 17.3 Å². The van der Waals surface area contributed by atoms with Crippen molar-refractivity contribution in [3.63, 3.8) is 0 Å². The molecular weight excluding hydrogens is 332 g/mol. The fourth-order valence-corrected chi connectivity index (χ4v) is 4.52. The van der Waals surface area contributed by atoms with Crippen molar-refractivity contribution in [1.82, 2.24) is 9.21 Å². The Bertz CT molecular complexity index is 717. The van der Waals surface area contributed by atoms with E-state index in [9.17, 15) is 13.2 Å². The SMILES string of the molecule is COc1cc(C)c(S(=O)(=O)N2CCCN(C(C)=O)CC2)cc1OC. The lowest BCUT2D eigenvalue weighted by molar-refractivity contribution is -0.128. The number of hydrogen-bond acceptors (Lipinski definition) is 5. The van der Waals surface area contributed by atoms with Crippen LogP contribution in [0, 0.1) is 6.92 Å². The van der Waals surface area contributed by atoms with Gasteiger partial charge in [-0.1, -0.05) is 0 Å². The highest BCUT2D eigenvalue weighted by Gasteiger charge is 2.29. The van der Waals surface area contributed by atoms with Gasteiger partial charge in [0.05, 0.1) is 19.1 Å². The molecule has 0 saturated carbocycles. The molecule has 1 aromatic carbocycles. The van der Waals surface area contributed by atoms with Gasteiger partial charge in [-0.2, -0.15) is 4.31 Å². The van der Waals surface area contributed by atoms with Crippen LogP contribution in [0.5, 0.6) is 11.5 Å². The Labute approximate surface area is 143 Å². The Balaban J connectivity index is 2.35. The molecule has 2 rings (SSSR count). The van der Waals surface area contributed by atoms with E-state index in [0.29, 0.717) is 43.1 Å². The first kappa shape index (κ1) is 18.5. The molecule has 1 heterocycles. The number of carbonyl (C=O) groups is 1. The van der Waals surface area contributed by atoms with Crippen LogP contribution in [-0.2, 0) is 14.8 Å². The lowest BCUT2D eigenvalue weighted by atomic mass is 10.2. The first-order chi connectivity index (χ1) is 11.3. The van der Waals surface area contributed by atoms with Gasteiger partial charge in [0.2, 0.25) is 15.9 Å². The monoisotopic (exact) mass is 356 g/mol. The topological polar surface area (TPSA) is 76.2 Å². The Hall–Kier alpha value is -1.80. The molecule has 8 heteroatoms. The minimum absolute atomic E-state index is 0.0310. The Morgan fingerprint density at radius 2 is 1.67 bits per heavy atom. The largest absolute Gasteiger partial charge is 0.493 e. The highest BCUT2D eigenvalue weighted by Crippen LogP contribution is 2.33. The van der Waals surface area contributed by atoms with Crippen LogP contribution in [0.15, 0.2) is 17.0 Å². The summed E-state index contributed by atoms with van der Waals surface area (Å²) < 4.78 is 37.9. The summed E-state index contributed by atoms with van der Waals surface area (Å²) in [6.45, 7) is 4.89. The van der Waals surface area contributed by atoms with E-state index >= 15 is 0 Å². The number of hydrogen-bond donors (Lipinski definition) is 0. The number of methoxy groups -OCH3 is 2. The quantitative estimate of drug-likeness (QED) is 0.812. The first-order valence-corrected chi connectivity index (χ1v) is 9.23. The van der Waals surface area contributed by atoms with Crippen LogP contribution in [-0.4, -0.2) is 63.9 Å².